The first-order valence-electron chi connectivity index (χ1n) is 9.25. The lowest BCUT2D eigenvalue weighted by molar-refractivity contribution is -0.131. The van der Waals surface area contributed by atoms with Crippen molar-refractivity contribution < 1.29 is 14.3 Å². The van der Waals surface area contributed by atoms with Crippen molar-refractivity contribution in [1.29, 1.82) is 0 Å². The van der Waals surface area contributed by atoms with E-state index in [2.05, 4.69) is 20.7 Å². The predicted octanol–water partition coefficient (Wildman–Crippen LogP) is 4.35. The van der Waals surface area contributed by atoms with Crippen molar-refractivity contribution in [3.63, 3.8) is 0 Å². The summed E-state index contributed by atoms with van der Waals surface area (Å²) in [5, 5.41) is 11.4. The molecule has 0 radical (unpaired) electrons. The van der Waals surface area contributed by atoms with Gasteiger partial charge in [-0.05, 0) is 24.6 Å². The molecule has 3 amide bonds. The number of nitrogens with zero attached hydrogens (tertiary/aromatic N) is 3. The number of carbonyl (C=O) groups excluding carboxylic acids is 2. The number of hydrogen-bond acceptors (Lipinski definition) is 7. The standard InChI is InChI=1S/C21H18ClN5O3S/c1-21(13-8-4-3-5-9-13)18(28)27(20(29)26-21)23-12-16-17(22)25-19(31-16)24-14-10-6-7-11-15(14)30-2/h3-12H,1-2H3,(H,24,25)(H,26,29)/b23-12+. The van der Waals surface area contributed by atoms with Crippen LogP contribution in [0, 0.1) is 0 Å². The number of amides is 3. The average Bonchev–Trinajstić information content (AvgIpc) is 3.23. The van der Waals surface area contributed by atoms with Gasteiger partial charge in [-0.1, -0.05) is 65.4 Å². The van der Waals surface area contributed by atoms with E-state index in [0.29, 0.717) is 21.3 Å². The molecule has 1 unspecified atom stereocenters. The van der Waals surface area contributed by atoms with Crippen LogP contribution in [0.15, 0.2) is 59.7 Å². The predicted molar refractivity (Wildman–Crippen MR) is 120 cm³/mol. The Morgan fingerprint density at radius 2 is 1.90 bits per heavy atom. The van der Waals surface area contributed by atoms with Crippen LogP contribution in [0.25, 0.3) is 0 Å². The van der Waals surface area contributed by atoms with Crippen LogP contribution in [-0.2, 0) is 10.3 Å². The van der Waals surface area contributed by atoms with Gasteiger partial charge in [0, 0.05) is 0 Å². The van der Waals surface area contributed by atoms with Gasteiger partial charge in [-0.3, -0.25) is 4.79 Å². The number of para-hydroxylation sites is 2. The fourth-order valence-electron chi connectivity index (χ4n) is 3.12. The van der Waals surface area contributed by atoms with Crippen molar-refractivity contribution in [2.75, 3.05) is 12.4 Å². The van der Waals surface area contributed by atoms with E-state index in [1.165, 1.54) is 17.6 Å². The van der Waals surface area contributed by atoms with Crippen molar-refractivity contribution >= 4 is 51.9 Å². The van der Waals surface area contributed by atoms with E-state index in [-0.39, 0.29) is 5.15 Å². The maximum Gasteiger partial charge on any atom is 0.346 e. The molecule has 1 saturated heterocycles. The number of rotatable bonds is 6. The molecule has 1 aliphatic rings. The van der Waals surface area contributed by atoms with Gasteiger partial charge in [0.2, 0.25) is 0 Å². The van der Waals surface area contributed by atoms with E-state index in [4.69, 9.17) is 16.3 Å². The summed E-state index contributed by atoms with van der Waals surface area (Å²) in [6.45, 7) is 1.65. The van der Waals surface area contributed by atoms with Gasteiger partial charge >= 0.3 is 6.03 Å². The molecular formula is C21H18ClN5O3S. The molecule has 3 aromatic rings. The van der Waals surface area contributed by atoms with E-state index in [9.17, 15) is 9.59 Å². The maximum absolute atomic E-state index is 12.9. The number of urea groups is 1. The third kappa shape index (κ3) is 3.97. The summed E-state index contributed by atoms with van der Waals surface area (Å²) in [5.74, 6) is 0.177. The van der Waals surface area contributed by atoms with E-state index in [1.54, 1.807) is 38.3 Å². The summed E-state index contributed by atoms with van der Waals surface area (Å²) in [7, 11) is 1.58. The number of methoxy groups -OCH3 is 1. The molecule has 1 aliphatic heterocycles. The number of imide groups is 1. The monoisotopic (exact) mass is 455 g/mol. The first-order valence-corrected chi connectivity index (χ1v) is 10.4. The van der Waals surface area contributed by atoms with Crippen molar-refractivity contribution in [1.82, 2.24) is 15.3 Å². The van der Waals surface area contributed by atoms with E-state index < -0.39 is 17.5 Å². The summed E-state index contributed by atoms with van der Waals surface area (Å²) in [5.41, 5.74) is 0.209. The molecule has 0 bridgehead atoms. The van der Waals surface area contributed by atoms with Gasteiger partial charge in [-0.25, -0.2) is 9.78 Å². The van der Waals surface area contributed by atoms with Crippen molar-refractivity contribution in [3.05, 3.63) is 70.2 Å². The van der Waals surface area contributed by atoms with Gasteiger partial charge in [-0.15, -0.1) is 5.01 Å². The van der Waals surface area contributed by atoms with Gasteiger partial charge in [0.25, 0.3) is 5.91 Å². The van der Waals surface area contributed by atoms with Gasteiger partial charge in [0.15, 0.2) is 10.3 Å². The molecule has 0 saturated carbocycles. The third-order valence-corrected chi connectivity index (χ3v) is 6.07. The van der Waals surface area contributed by atoms with Crippen molar-refractivity contribution in [2.24, 2.45) is 5.10 Å². The van der Waals surface area contributed by atoms with Crippen LogP contribution in [0.3, 0.4) is 0 Å². The summed E-state index contributed by atoms with van der Waals surface area (Å²) in [6, 6.07) is 15.8. The number of halogens is 1. The van der Waals surface area contributed by atoms with Crippen molar-refractivity contribution in [2.45, 2.75) is 12.5 Å². The molecule has 0 spiro atoms. The lowest BCUT2D eigenvalue weighted by atomic mass is 9.92. The highest BCUT2D eigenvalue weighted by Gasteiger charge is 2.49. The summed E-state index contributed by atoms with van der Waals surface area (Å²) in [6.07, 6.45) is 1.35. The minimum Gasteiger partial charge on any atom is -0.495 e. The highest BCUT2D eigenvalue weighted by Crippen LogP contribution is 2.33. The maximum atomic E-state index is 12.9. The molecule has 1 aromatic heterocycles. The molecule has 1 atom stereocenters. The number of anilines is 2. The zero-order valence-corrected chi connectivity index (χ0v) is 18.2. The minimum absolute atomic E-state index is 0.198. The molecular weight excluding hydrogens is 438 g/mol. The summed E-state index contributed by atoms with van der Waals surface area (Å²) >= 11 is 7.45. The Balaban J connectivity index is 1.54. The van der Waals surface area contributed by atoms with E-state index in [1.807, 2.05) is 30.3 Å². The summed E-state index contributed by atoms with van der Waals surface area (Å²) in [4.78, 5) is 30.1. The van der Waals surface area contributed by atoms with Crippen LogP contribution in [0.4, 0.5) is 15.6 Å². The first kappa shape index (κ1) is 20.8. The molecule has 158 valence electrons. The second kappa shape index (κ2) is 8.37. The quantitative estimate of drug-likeness (QED) is 0.425. The van der Waals surface area contributed by atoms with Gasteiger partial charge in [0.1, 0.15) is 11.3 Å². The Morgan fingerprint density at radius 1 is 1.19 bits per heavy atom. The second-order valence-corrected chi connectivity index (χ2v) is 8.17. The van der Waals surface area contributed by atoms with Crippen LogP contribution in [0.2, 0.25) is 5.15 Å². The number of ether oxygens (including phenoxy) is 1. The molecule has 0 aliphatic carbocycles. The Morgan fingerprint density at radius 3 is 2.65 bits per heavy atom. The number of hydrazone groups is 1. The molecule has 2 N–H and O–H groups in total. The number of hydrogen-bond donors (Lipinski definition) is 2. The second-order valence-electron chi connectivity index (χ2n) is 6.78. The Kier molecular flexibility index (Phi) is 5.62. The molecule has 4 rings (SSSR count). The number of carbonyl (C=O) groups is 2. The van der Waals surface area contributed by atoms with E-state index in [0.717, 1.165) is 10.7 Å². The SMILES string of the molecule is COc1ccccc1Nc1nc(Cl)c(/C=N/N2C(=O)NC(C)(c3ccccc3)C2=O)s1. The fourth-order valence-corrected chi connectivity index (χ4v) is 4.15. The van der Waals surface area contributed by atoms with Crippen LogP contribution in [0.5, 0.6) is 5.75 Å². The average molecular weight is 456 g/mol. The highest BCUT2D eigenvalue weighted by atomic mass is 35.5. The summed E-state index contributed by atoms with van der Waals surface area (Å²) < 4.78 is 5.32. The van der Waals surface area contributed by atoms with Crippen LogP contribution >= 0.6 is 22.9 Å². The Hall–Kier alpha value is -3.43. The van der Waals surface area contributed by atoms with Crippen molar-refractivity contribution in [3.8, 4) is 5.75 Å². The normalized spacial score (nSPS) is 18.5. The van der Waals surface area contributed by atoms with Gasteiger partial charge < -0.3 is 15.4 Å². The topological polar surface area (TPSA) is 95.9 Å². The number of thiazole rings is 1. The van der Waals surface area contributed by atoms with Crippen LogP contribution in [0.1, 0.15) is 17.4 Å². The van der Waals surface area contributed by atoms with Gasteiger partial charge in [-0.2, -0.15) is 5.10 Å². The zero-order chi connectivity index (χ0) is 22.0. The molecule has 10 heteroatoms. The minimum atomic E-state index is -1.19. The Labute approximate surface area is 187 Å². The number of benzene rings is 2. The van der Waals surface area contributed by atoms with E-state index >= 15 is 0 Å². The molecule has 2 aromatic carbocycles. The smallest absolute Gasteiger partial charge is 0.346 e. The molecule has 8 nitrogen and oxygen atoms in total. The van der Waals surface area contributed by atoms with Gasteiger partial charge in [0.05, 0.1) is 23.9 Å². The Bertz CT molecular complexity index is 1170. The molecule has 1 fully saturated rings. The third-order valence-electron chi connectivity index (χ3n) is 4.77. The lowest BCUT2D eigenvalue weighted by Crippen LogP contribution is -2.40. The first-order chi connectivity index (χ1) is 14.9. The highest BCUT2D eigenvalue weighted by molar-refractivity contribution is 7.17. The lowest BCUT2D eigenvalue weighted by Gasteiger charge is -2.20. The molecule has 2 heterocycles. The zero-order valence-electron chi connectivity index (χ0n) is 16.6. The van der Waals surface area contributed by atoms with Crippen LogP contribution < -0.4 is 15.4 Å². The fraction of sp³-hybridized carbons (Fsp3) is 0.143. The number of aromatic nitrogens is 1. The largest absolute Gasteiger partial charge is 0.495 e. The van der Waals surface area contributed by atoms with Crippen LogP contribution in [-0.4, -0.2) is 35.3 Å². The molecule has 31 heavy (non-hydrogen) atoms. The number of nitrogens with one attached hydrogen (secondary N) is 2.